The van der Waals surface area contributed by atoms with Gasteiger partial charge in [-0.2, -0.15) is 0 Å². The Morgan fingerprint density at radius 2 is 1.88 bits per heavy atom. The van der Waals surface area contributed by atoms with E-state index < -0.39 is 6.10 Å². The molecule has 0 fully saturated rings. The molecule has 1 N–H and O–H groups in total. The number of fused-ring (bicyclic) bond motifs is 1. The summed E-state index contributed by atoms with van der Waals surface area (Å²) < 4.78 is 2.26. The third-order valence-electron chi connectivity index (χ3n) is 3.09. The molecule has 86 valence electrons. The van der Waals surface area contributed by atoms with Crippen LogP contribution in [0.25, 0.3) is 10.9 Å². The molecule has 0 spiro atoms. The maximum atomic E-state index is 9.78. The second-order valence-electron chi connectivity index (χ2n) is 4.73. The van der Waals surface area contributed by atoms with Crippen molar-refractivity contribution in [2.24, 2.45) is 0 Å². The zero-order valence-electron chi connectivity index (χ0n) is 10.4. The molecule has 1 aromatic heterocycles. The van der Waals surface area contributed by atoms with Gasteiger partial charge < -0.3 is 9.67 Å². The molecule has 0 saturated carbocycles. The van der Waals surface area contributed by atoms with Gasteiger partial charge in [0.2, 0.25) is 0 Å². The maximum Gasteiger partial charge on any atom is 0.0768 e. The highest BCUT2D eigenvalue weighted by atomic mass is 16.3. The number of aromatic nitrogens is 1. The van der Waals surface area contributed by atoms with Crippen LogP contribution in [0.15, 0.2) is 24.4 Å². The molecule has 0 bridgehead atoms. The number of hydrogen-bond acceptors (Lipinski definition) is 1. The monoisotopic (exact) mass is 217 g/mol. The fraction of sp³-hybridized carbons (Fsp3) is 0.429. The van der Waals surface area contributed by atoms with Gasteiger partial charge in [-0.3, -0.25) is 0 Å². The van der Waals surface area contributed by atoms with Crippen LogP contribution < -0.4 is 0 Å². The number of aryl methyl sites for hydroxylation is 1. The van der Waals surface area contributed by atoms with Crippen molar-refractivity contribution in [3.63, 3.8) is 0 Å². The highest BCUT2D eigenvalue weighted by Crippen LogP contribution is 2.30. The lowest BCUT2D eigenvalue weighted by Gasteiger charge is -2.11. The van der Waals surface area contributed by atoms with E-state index in [-0.39, 0.29) is 0 Å². The molecule has 2 aromatic rings. The molecule has 2 heteroatoms. The second kappa shape index (κ2) is 3.95. The number of benzene rings is 1. The van der Waals surface area contributed by atoms with E-state index in [2.05, 4.69) is 37.6 Å². The van der Waals surface area contributed by atoms with Crippen molar-refractivity contribution in [1.82, 2.24) is 4.57 Å². The SMILES string of the molecule is Cc1cn(C(C)C)c2cccc(C(C)O)c12. The van der Waals surface area contributed by atoms with E-state index in [0.29, 0.717) is 6.04 Å². The first-order valence-electron chi connectivity index (χ1n) is 5.80. The minimum Gasteiger partial charge on any atom is -0.389 e. The van der Waals surface area contributed by atoms with Crippen LogP contribution in [-0.4, -0.2) is 9.67 Å². The van der Waals surface area contributed by atoms with Gasteiger partial charge in [0.15, 0.2) is 0 Å². The number of rotatable bonds is 2. The molecule has 1 aromatic carbocycles. The van der Waals surface area contributed by atoms with Crippen molar-refractivity contribution in [2.45, 2.75) is 39.8 Å². The Morgan fingerprint density at radius 3 is 2.44 bits per heavy atom. The van der Waals surface area contributed by atoms with Crippen molar-refractivity contribution in [2.75, 3.05) is 0 Å². The normalized spacial score (nSPS) is 13.6. The average Bonchev–Trinajstić information content (AvgIpc) is 2.56. The summed E-state index contributed by atoms with van der Waals surface area (Å²) in [4.78, 5) is 0. The van der Waals surface area contributed by atoms with Gasteiger partial charge in [0.25, 0.3) is 0 Å². The van der Waals surface area contributed by atoms with E-state index in [9.17, 15) is 5.11 Å². The Labute approximate surface area is 96.5 Å². The summed E-state index contributed by atoms with van der Waals surface area (Å²) >= 11 is 0. The molecular formula is C14H19NO. The zero-order valence-corrected chi connectivity index (χ0v) is 10.4. The number of nitrogens with zero attached hydrogens (tertiary/aromatic N) is 1. The first kappa shape index (κ1) is 11.2. The lowest BCUT2D eigenvalue weighted by atomic mass is 10.0. The summed E-state index contributed by atoms with van der Waals surface area (Å²) in [5.41, 5.74) is 3.47. The molecule has 1 heterocycles. The van der Waals surface area contributed by atoms with Crippen LogP contribution in [-0.2, 0) is 0 Å². The van der Waals surface area contributed by atoms with Crippen LogP contribution in [0.5, 0.6) is 0 Å². The molecular weight excluding hydrogens is 198 g/mol. The second-order valence-corrected chi connectivity index (χ2v) is 4.73. The maximum absolute atomic E-state index is 9.78. The summed E-state index contributed by atoms with van der Waals surface area (Å²) in [7, 11) is 0. The van der Waals surface area contributed by atoms with E-state index in [1.165, 1.54) is 16.5 Å². The van der Waals surface area contributed by atoms with E-state index in [1.807, 2.05) is 19.1 Å². The molecule has 0 saturated heterocycles. The van der Waals surface area contributed by atoms with E-state index in [0.717, 1.165) is 5.56 Å². The molecule has 2 nitrogen and oxygen atoms in total. The number of aliphatic hydroxyl groups excluding tert-OH is 1. The summed E-state index contributed by atoms with van der Waals surface area (Å²) in [6, 6.07) is 6.59. The van der Waals surface area contributed by atoms with Crippen molar-refractivity contribution in [3.05, 3.63) is 35.5 Å². The van der Waals surface area contributed by atoms with Crippen LogP contribution >= 0.6 is 0 Å². The average molecular weight is 217 g/mol. The number of aliphatic hydroxyl groups is 1. The summed E-state index contributed by atoms with van der Waals surface area (Å²) in [6.45, 7) is 8.27. The smallest absolute Gasteiger partial charge is 0.0768 e. The summed E-state index contributed by atoms with van der Waals surface area (Å²) in [5.74, 6) is 0. The molecule has 1 unspecified atom stereocenters. The fourth-order valence-electron chi connectivity index (χ4n) is 2.32. The molecule has 0 aliphatic rings. The van der Waals surface area contributed by atoms with Crippen LogP contribution in [0.2, 0.25) is 0 Å². The predicted molar refractivity (Wildman–Crippen MR) is 67.7 cm³/mol. The summed E-state index contributed by atoms with van der Waals surface area (Å²) in [6.07, 6.45) is 1.76. The Morgan fingerprint density at radius 1 is 1.19 bits per heavy atom. The van der Waals surface area contributed by atoms with Gasteiger partial charge in [0.05, 0.1) is 6.10 Å². The zero-order chi connectivity index (χ0) is 11.9. The van der Waals surface area contributed by atoms with Crippen LogP contribution in [0.4, 0.5) is 0 Å². The standard InChI is InChI=1S/C14H19NO/c1-9(2)15-8-10(3)14-12(11(4)16)6-5-7-13(14)15/h5-9,11,16H,1-4H3. The van der Waals surface area contributed by atoms with Gasteiger partial charge in [0.1, 0.15) is 0 Å². The Hall–Kier alpha value is -1.28. The fourth-order valence-corrected chi connectivity index (χ4v) is 2.32. The lowest BCUT2D eigenvalue weighted by Crippen LogP contribution is -1.98. The lowest BCUT2D eigenvalue weighted by molar-refractivity contribution is 0.201. The van der Waals surface area contributed by atoms with Gasteiger partial charge in [-0.15, -0.1) is 0 Å². The highest BCUT2D eigenvalue weighted by Gasteiger charge is 2.13. The third-order valence-corrected chi connectivity index (χ3v) is 3.09. The first-order valence-corrected chi connectivity index (χ1v) is 5.80. The quantitative estimate of drug-likeness (QED) is 0.817. The van der Waals surface area contributed by atoms with Gasteiger partial charge in [0, 0.05) is 23.1 Å². The predicted octanol–water partition coefficient (Wildman–Crippen LogP) is 3.58. The van der Waals surface area contributed by atoms with Gasteiger partial charge in [-0.1, -0.05) is 12.1 Å². The Balaban J connectivity index is 2.79. The molecule has 0 amide bonds. The molecule has 1 atom stereocenters. The Kier molecular flexibility index (Phi) is 2.76. The molecule has 16 heavy (non-hydrogen) atoms. The van der Waals surface area contributed by atoms with Crippen molar-refractivity contribution < 1.29 is 5.11 Å². The first-order chi connectivity index (χ1) is 7.52. The van der Waals surface area contributed by atoms with Crippen molar-refractivity contribution >= 4 is 10.9 Å². The molecule has 0 aliphatic carbocycles. The van der Waals surface area contributed by atoms with Crippen LogP contribution in [0.3, 0.4) is 0 Å². The molecule has 2 rings (SSSR count). The topological polar surface area (TPSA) is 25.2 Å². The van der Waals surface area contributed by atoms with E-state index in [4.69, 9.17) is 0 Å². The van der Waals surface area contributed by atoms with Crippen LogP contribution in [0.1, 0.15) is 44.0 Å². The highest BCUT2D eigenvalue weighted by molar-refractivity contribution is 5.87. The van der Waals surface area contributed by atoms with Crippen LogP contribution in [0, 0.1) is 6.92 Å². The van der Waals surface area contributed by atoms with Gasteiger partial charge in [-0.05, 0) is 44.9 Å². The van der Waals surface area contributed by atoms with E-state index >= 15 is 0 Å². The van der Waals surface area contributed by atoms with Gasteiger partial charge in [-0.25, -0.2) is 0 Å². The third kappa shape index (κ3) is 1.63. The van der Waals surface area contributed by atoms with Gasteiger partial charge >= 0.3 is 0 Å². The molecule has 0 aliphatic heterocycles. The van der Waals surface area contributed by atoms with E-state index in [1.54, 1.807) is 0 Å². The minimum atomic E-state index is -0.412. The Bertz CT molecular complexity index is 509. The van der Waals surface area contributed by atoms with Crippen molar-refractivity contribution in [1.29, 1.82) is 0 Å². The largest absolute Gasteiger partial charge is 0.389 e. The summed E-state index contributed by atoms with van der Waals surface area (Å²) in [5, 5.41) is 11.0. The minimum absolute atomic E-state index is 0.412. The number of hydrogen-bond donors (Lipinski definition) is 1. The van der Waals surface area contributed by atoms with Crippen molar-refractivity contribution in [3.8, 4) is 0 Å². The molecule has 0 radical (unpaired) electrons.